The molecule has 0 aliphatic carbocycles. The largest absolute Gasteiger partial charge is 0.491 e. The zero-order chi connectivity index (χ0) is 14.9. The third-order valence-corrected chi connectivity index (χ3v) is 2.89. The summed E-state index contributed by atoms with van der Waals surface area (Å²) >= 11 is 0. The van der Waals surface area contributed by atoms with Gasteiger partial charge in [0.1, 0.15) is 11.6 Å². The van der Waals surface area contributed by atoms with Crippen molar-refractivity contribution in [1.29, 1.82) is 0 Å². The number of nitrogens with zero attached hydrogens (tertiary/aromatic N) is 2. The van der Waals surface area contributed by atoms with E-state index in [4.69, 9.17) is 10.5 Å². The lowest BCUT2D eigenvalue weighted by molar-refractivity contribution is 0.242. The molecule has 2 aromatic rings. The highest BCUT2D eigenvalue weighted by molar-refractivity contribution is 5.63. The van der Waals surface area contributed by atoms with Crippen molar-refractivity contribution in [2.24, 2.45) is 0 Å². The predicted molar refractivity (Wildman–Crippen MR) is 82.8 cm³/mol. The van der Waals surface area contributed by atoms with E-state index in [1.54, 1.807) is 0 Å². The molecule has 4 heteroatoms. The molecule has 4 nitrogen and oxygen atoms in total. The summed E-state index contributed by atoms with van der Waals surface area (Å²) in [5.41, 5.74) is 7.84. The van der Waals surface area contributed by atoms with Gasteiger partial charge in [0.2, 0.25) is 0 Å². The Morgan fingerprint density at radius 3 is 2.20 bits per heavy atom. The van der Waals surface area contributed by atoms with E-state index in [-0.39, 0.29) is 11.6 Å². The second kappa shape index (κ2) is 5.19. The van der Waals surface area contributed by atoms with Gasteiger partial charge in [0.25, 0.3) is 0 Å². The van der Waals surface area contributed by atoms with Crippen LogP contribution in [0, 0.1) is 0 Å². The summed E-state index contributed by atoms with van der Waals surface area (Å²) in [6, 6.07) is 9.84. The number of nitrogen functional groups attached to an aromatic ring is 1. The second-order valence-corrected chi connectivity index (χ2v) is 6.23. The lowest BCUT2D eigenvalue weighted by Crippen LogP contribution is -2.24. The van der Waals surface area contributed by atoms with Gasteiger partial charge in [-0.05, 0) is 58.9 Å². The fourth-order valence-corrected chi connectivity index (χ4v) is 2.05. The molecule has 1 heterocycles. The zero-order valence-electron chi connectivity index (χ0n) is 12.8. The first kappa shape index (κ1) is 14.4. The molecule has 0 atom stereocenters. The summed E-state index contributed by atoms with van der Waals surface area (Å²) in [6.45, 7) is 10.3. The summed E-state index contributed by atoms with van der Waals surface area (Å²) in [7, 11) is 0. The van der Waals surface area contributed by atoms with Crippen LogP contribution >= 0.6 is 0 Å². The predicted octanol–water partition coefficient (Wildman–Crippen LogP) is 3.67. The molecule has 0 spiro atoms. The Morgan fingerprint density at radius 2 is 1.75 bits per heavy atom. The van der Waals surface area contributed by atoms with Gasteiger partial charge in [0, 0.05) is 11.6 Å². The number of aromatic nitrogens is 2. The Balaban J connectivity index is 2.28. The maximum atomic E-state index is 6.04. The summed E-state index contributed by atoms with van der Waals surface area (Å²) < 4.78 is 7.49. The first-order chi connectivity index (χ1) is 9.27. The first-order valence-electron chi connectivity index (χ1n) is 6.90. The number of rotatable bonds is 3. The molecule has 1 aromatic carbocycles. The monoisotopic (exact) mass is 273 g/mol. The summed E-state index contributed by atoms with van der Waals surface area (Å²) in [5, 5.41) is 4.59. The molecule has 20 heavy (non-hydrogen) atoms. The van der Waals surface area contributed by atoms with Gasteiger partial charge in [-0.2, -0.15) is 5.10 Å². The standard InChI is InChI=1S/C16H23N3O/c1-11(2)20-13-8-6-12(7-9-13)14-10-15(17)19(18-14)16(3,4)5/h6-11H,17H2,1-5H3. The van der Waals surface area contributed by atoms with Crippen LogP contribution in [0.3, 0.4) is 0 Å². The normalized spacial score (nSPS) is 11.9. The molecule has 0 amide bonds. The van der Waals surface area contributed by atoms with E-state index in [9.17, 15) is 0 Å². The average molecular weight is 273 g/mol. The van der Waals surface area contributed by atoms with Gasteiger partial charge in [-0.3, -0.25) is 0 Å². The molecule has 2 N–H and O–H groups in total. The SMILES string of the molecule is CC(C)Oc1ccc(-c2cc(N)n(C(C)(C)C)n2)cc1. The Labute approximate surface area is 120 Å². The van der Waals surface area contributed by atoms with Crippen molar-refractivity contribution < 1.29 is 4.74 Å². The number of ether oxygens (including phenoxy) is 1. The van der Waals surface area contributed by atoms with Crippen LogP contribution in [0.25, 0.3) is 11.3 Å². The number of benzene rings is 1. The van der Waals surface area contributed by atoms with Gasteiger partial charge >= 0.3 is 0 Å². The van der Waals surface area contributed by atoms with Crippen molar-refractivity contribution in [2.45, 2.75) is 46.3 Å². The van der Waals surface area contributed by atoms with Crippen LogP contribution in [0.2, 0.25) is 0 Å². The average Bonchev–Trinajstić information content (AvgIpc) is 2.71. The Kier molecular flexibility index (Phi) is 3.75. The fourth-order valence-electron chi connectivity index (χ4n) is 2.05. The van der Waals surface area contributed by atoms with Gasteiger partial charge < -0.3 is 10.5 Å². The van der Waals surface area contributed by atoms with E-state index in [1.165, 1.54) is 0 Å². The molecule has 0 aliphatic heterocycles. The highest BCUT2D eigenvalue weighted by Gasteiger charge is 2.18. The van der Waals surface area contributed by atoms with E-state index in [2.05, 4.69) is 25.9 Å². The van der Waals surface area contributed by atoms with Crippen molar-refractivity contribution in [3.05, 3.63) is 30.3 Å². The fraction of sp³-hybridized carbons (Fsp3) is 0.438. The first-order valence-corrected chi connectivity index (χ1v) is 6.90. The molecule has 0 unspecified atom stereocenters. The van der Waals surface area contributed by atoms with Crippen molar-refractivity contribution in [3.63, 3.8) is 0 Å². The molecule has 0 bridgehead atoms. The van der Waals surface area contributed by atoms with Crippen molar-refractivity contribution in [2.75, 3.05) is 5.73 Å². The molecule has 2 rings (SSSR count). The summed E-state index contributed by atoms with van der Waals surface area (Å²) in [6.07, 6.45) is 0.177. The van der Waals surface area contributed by atoms with E-state index >= 15 is 0 Å². The Bertz CT molecular complexity index is 577. The quantitative estimate of drug-likeness (QED) is 0.928. The number of anilines is 1. The lowest BCUT2D eigenvalue weighted by atomic mass is 10.1. The summed E-state index contributed by atoms with van der Waals surface area (Å²) in [4.78, 5) is 0. The molecule has 1 aromatic heterocycles. The minimum Gasteiger partial charge on any atom is -0.491 e. The van der Waals surface area contributed by atoms with E-state index in [1.807, 2.05) is 48.9 Å². The smallest absolute Gasteiger partial charge is 0.122 e. The van der Waals surface area contributed by atoms with Crippen LogP contribution in [-0.2, 0) is 5.54 Å². The lowest BCUT2D eigenvalue weighted by Gasteiger charge is -2.20. The van der Waals surface area contributed by atoms with Crippen LogP contribution in [0.15, 0.2) is 30.3 Å². The third kappa shape index (κ3) is 3.13. The van der Waals surface area contributed by atoms with Gasteiger partial charge in [-0.15, -0.1) is 0 Å². The van der Waals surface area contributed by atoms with Crippen LogP contribution < -0.4 is 10.5 Å². The zero-order valence-corrected chi connectivity index (χ0v) is 12.8. The van der Waals surface area contributed by atoms with Gasteiger partial charge in [-0.1, -0.05) is 0 Å². The molecule has 0 radical (unpaired) electrons. The maximum absolute atomic E-state index is 6.04. The molecule has 0 aliphatic rings. The van der Waals surface area contributed by atoms with E-state index in [0.29, 0.717) is 5.82 Å². The molecule has 0 saturated heterocycles. The third-order valence-electron chi connectivity index (χ3n) is 2.89. The van der Waals surface area contributed by atoms with Crippen LogP contribution in [0.5, 0.6) is 5.75 Å². The maximum Gasteiger partial charge on any atom is 0.122 e. The minimum atomic E-state index is -0.122. The molecule has 108 valence electrons. The number of hydrogen-bond acceptors (Lipinski definition) is 3. The van der Waals surface area contributed by atoms with Crippen molar-refractivity contribution in [1.82, 2.24) is 9.78 Å². The van der Waals surface area contributed by atoms with E-state index in [0.717, 1.165) is 17.0 Å². The molecular formula is C16H23N3O. The van der Waals surface area contributed by atoms with Gasteiger partial charge in [-0.25, -0.2) is 4.68 Å². The molecule has 0 saturated carbocycles. The van der Waals surface area contributed by atoms with Gasteiger partial charge in [0.15, 0.2) is 0 Å². The van der Waals surface area contributed by atoms with Crippen LogP contribution in [0.1, 0.15) is 34.6 Å². The molecule has 0 fully saturated rings. The number of nitrogens with two attached hydrogens (primary N) is 1. The highest BCUT2D eigenvalue weighted by atomic mass is 16.5. The second-order valence-electron chi connectivity index (χ2n) is 6.23. The minimum absolute atomic E-state index is 0.122. The van der Waals surface area contributed by atoms with Crippen molar-refractivity contribution >= 4 is 5.82 Å². The van der Waals surface area contributed by atoms with E-state index < -0.39 is 0 Å². The molecular weight excluding hydrogens is 250 g/mol. The number of hydrogen-bond donors (Lipinski definition) is 1. The van der Waals surface area contributed by atoms with Gasteiger partial charge in [0.05, 0.1) is 17.3 Å². The summed E-state index contributed by atoms with van der Waals surface area (Å²) in [5.74, 6) is 1.54. The highest BCUT2D eigenvalue weighted by Crippen LogP contribution is 2.26. The van der Waals surface area contributed by atoms with Crippen LogP contribution in [-0.4, -0.2) is 15.9 Å². The topological polar surface area (TPSA) is 53.1 Å². The Morgan fingerprint density at radius 1 is 1.15 bits per heavy atom. The van der Waals surface area contributed by atoms with Crippen molar-refractivity contribution in [3.8, 4) is 17.0 Å². The van der Waals surface area contributed by atoms with Crippen LogP contribution in [0.4, 0.5) is 5.82 Å². The Hall–Kier alpha value is -1.97.